The minimum absolute atomic E-state index is 0.186. The minimum atomic E-state index is -4.71. The fourth-order valence-electron chi connectivity index (χ4n) is 2.91. The van der Waals surface area contributed by atoms with Crippen LogP contribution in [0, 0.1) is 0 Å². The number of carbonyl (C=O) groups excluding carboxylic acids is 1. The van der Waals surface area contributed by atoms with Gasteiger partial charge in [0.05, 0.1) is 5.54 Å². The van der Waals surface area contributed by atoms with Gasteiger partial charge in [-0.15, -0.1) is 3.89 Å². The summed E-state index contributed by atoms with van der Waals surface area (Å²) in [5, 5.41) is 0. The van der Waals surface area contributed by atoms with Crippen LogP contribution in [-0.4, -0.2) is 36.3 Å². The molecule has 1 aliphatic rings. The molecule has 0 atom stereocenters. The van der Waals surface area contributed by atoms with Crippen LogP contribution in [0.2, 0.25) is 0 Å². The van der Waals surface area contributed by atoms with Crippen LogP contribution < -0.4 is 0 Å². The van der Waals surface area contributed by atoms with E-state index in [4.69, 9.17) is 4.74 Å². The zero-order valence-electron chi connectivity index (χ0n) is 14.3. The van der Waals surface area contributed by atoms with Gasteiger partial charge in [-0.1, -0.05) is 30.3 Å². The smallest absolute Gasteiger partial charge is 0.411 e. The van der Waals surface area contributed by atoms with Crippen molar-refractivity contribution in [1.29, 1.82) is 0 Å². The molecule has 0 bridgehead atoms. The summed E-state index contributed by atoms with van der Waals surface area (Å²) in [6.07, 6.45) is 1.03. The number of hydrogen-bond acceptors (Lipinski definition) is 4. The number of halogens is 1. The number of benzene rings is 1. The first-order valence-electron chi connectivity index (χ1n) is 7.98. The molecule has 0 spiro atoms. The maximum Gasteiger partial charge on any atom is 0.411 e. The van der Waals surface area contributed by atoms with E-state index in [-0.39, 0.29) is 6.54 Å². The van der Waals surface area contributed by atoms with Crippen molar-refractivity contribution in [3.63, 3.8) is 0 Å². The Morgan fingerprint density at radius 1 is 1.25 bits per heavy atom. The van der Waals surface area contributed by atoms with Crippen LogP contribution in [0.3, 0.4) is 0 Å². The largest absolute Gasteiger partial charge is 0.444 e. The average Bonchev–Trinajstić information content (AvgIpc) is 2.39. The lowest BCUT2D eigenvalue weighted by atomic mass is 9.76. The van der Waals surface area contributed by atoms with Gasteiger partial charge in [0.2, 0.25) is 0 Å². The molecule has 0 aromatic heterocycles. The van der Waals surface area contributed by atoms with Gasteiger partial charge in [-0.05, 0) is 45.6 Å². The molecule has 0 saturated heterocycles. The number of ether oxygens (including phenoxy) is 1. The zero-order chi connectivity index (χ0) is 18.0. The van der Waals surface area contributed by atoms with Crippen LogP contribution in [0.1, 0.15) is 45.6 Å². The first-order chi connectivity index (χ1) is 11.0. The number of hydrogen-bond donors (Lipinski definition) is 0. The number of amides is 1. The van der Waals surface area contributed by atoms with Crippen molar-refractivity contribution in [3.05, 3.63) is 35.9 Å². The van der Waals surface area contributed by atoms with E-state index < -0.39 is 33.2 Å². The summed E-state index contributed by atoms with van der Waals surface area (Å²) in [4.78, 5) is 14.1. The SMILES string of the molecule is CC(C)(C)OC(=O)N(Cc1ccccc1)C1(CS(=O)(=O)F)CCC1. The van der Waals surface area contributed by atoms with Gasteiger partial charge < -0.3 is 4.74 Å². The molecular formula is C17H24FNO4S. The molecule has 5 nitrogen and oxygen atoms in total. The Bertz CT molecular complexity index is 678. The van der Waals surface area contributed by atoms with Crippen LogP contribution in [-0.2, 0) is 21.5 Å². The van der Waals surface area contributed by atoms with E-state index in [1.165, 1.54) is 4.90 Å². The van der Waals surface area contributed by atoms with Gasteiger partial charge in [-0.25, -0.2) is 4.79 Å². The molecule has 1 saturated carbocycles. The topological polar surface area (TPSA) is 63.7 Å². The monoisotopic (exact) mass is 357 g/mol. The maximum atomic E-state index is 13.4. The molecule has 2 rings (SSSR count). The molecule has 0 N–H and O–H groups in total. The molecule has 0 radical (unpaired) electrons. The Morgan fingerprint density at radius 2 is 1.83 bits per heavy atom. The molecule has 1 fully saturated rings. The number of rotatable bonds is 5. The Hall–Kier alpha value is -1.63. The molecule has 1 aromatic rings. The van der Waals surface area contributed by atoms with Crippen molar-refractivity contribution >= 4 is 16.3 Å². The summed E-state index contributed by atoms with van der Waals surface area (Å²) in [5.41, 5.74) is -0.914. The maximum absolute atomic E-state index is 13.4. The predicted octanol–water partition coefficient (Wildman–Crippen LogP) is 3.65. The third-order valence-electron chi connectivity index (χ3n) is 4.10. The number of carbonyl (C=O) groups is 1. The van der Waals surface area contributed by atoms with E-state index in [0.29, 0.717) is 12.8 Å². The van der Waals surface area contributed by atoms with Gasteiger partial charge in [-0.3, -0.25) is 4.90 Å². The Balaban J connectivity index is 2.32. The van der Waals surface area contributed by atoms with Crippen molar-refractivity contribution in [1.82, 2.24) is 4.90 Å². The Kier molecular flexibility index (Phi) is 5.22. The second-order valence-electron chi connectivity index (χ2n) is 7.31. The van der Waals surface area contributed by atoms with E-state index >= 15 is 0 Å². The predicted molar refractivity (Wildman–Crippen MR) is 89.7 cm³/mol. The van der Waals surface area contributed by atoms with Gasteiger partial charge >= 0.3 is 16.3 Å². The standard InChI is InChI=1S/C17H24FNO4S/c1-16(2,3)23-15(20)19(12-14-8-5-4-6-9-14)17(10-7-11-17)13-24(18,21)22/h4-6,8-9H,7,10-13H2,1-3H3. The van der Waals surface area contributed by atoms with E-state index in [1.54, 1.807) is 20.8 Å². The second-order valence-corrected chi connectivity index (χ2v) is 8.68. The highest BCUT2D eigenvalue weighted by Gasteiger charge is 2.49. The fraction of sp³-hybridized carbons (Fsp3) is 0.588. The van der Waals surface area contributed by atoms with Gasteiger partial charge in [0, 0.05) is 6.54 Å². The molecule has 1 aliphatic carbocycles. The molecule has 24 heavy (non-hydrogen) atoms. The minimum Gasteiger partial charge on any atom is -0.444 e. The Labute approximate surface area is 143 Å². The van der Waals surface area contributed by atoms with Gasteiger partial charge in [0.1, 0.15) is 11.4 Å². The van der Waals surface area contributed by atoms with Crippen LogP contribution in [0.25, 0.3) is 0 Å². The van der Waals surface area contributed by atoms with Crippen molar-refractivity contribution in [2.45, 2.75) is 57.7 Å². The molecule has 0 heterocycles. The van der Waals surface area contributed by atoms with E-state index in [2.05, 4.69) is 0 Å². The highest BCUT2D eigenvalue weighted by atomic mass is 32.3. The first kappa shape index (κ1) is 18.7. The summed E-state index contributed by atoms with van der Waals surface area (Å²) in [6, 6.07) is 9.21. The summed E-state index contributed by atoms with van der Waals surface area (Å²) < 4.78 is 41.4. The normalized spacial score (nSPS) is 17.0. The van der Waals surface area contributed by atoms with Crippen molar-refractivity contribution in [2.24, 2.45) is 0 Å². The molecule has 1 amide bonds. The molecule has 134 valence electrons. The fourth-order valence-corrected chi connectivity index (χ4v) is 3.99. The van der Waals surface area contributed by atoms with Crippen LogP contribution in [0.4, 0.5) is 8.68 Å². The lowest BCUT2D eigenvalue weighted by Crippen LogP contribution is -2.60. The van der Waals surface area contributed by atoms with Gasteiger partial charge in [0.25, 0.3) is 0 Å². The summed E-state index contributed by atoms with van der Waals surface area (Å²) in [5.74, 6) is -0.688. The first-order valence-corrected chi connectivity index (χ1v) is 9.53. The highest BCUT2D eigenvalue weighted by molar-refractivity contribution is 7.86. The second kappa shape index (κ2) is 6.70. The lowest BCUT2D eigenvalue weighted by Gasteiger charge is -2.49. The summed E-state index contributed by atoms with van der Waals surface area (Å²) in [7, 11) is -4.71. The third-order valence-corrected chi connectivity index (χ3v) is 4.98. The van der Waals surface area contributed by atoms with Crippen LogP contribution in [0.15, 0.2) is 30.3 Å². The van der Waals surface area contributed by atoms with E-state index in [0.717, 1.165) is 12.0 Å². The van der Waals surface area contributed by atoms with Crippen LogP contribution in [0.5, 0.6) is 0 Å². The average molecular weight is 357 g/mol. The van der Waals surface area contributed by atoms with Crippen molar-refractivity contribution in [3.8, 4) is 0 Å². The number of nitrogens with zero attached hydrogens (tertiary/aromatic N) is 1. The highest BCUT2D eigenvalue weighted by Crippen LogP contribution is 2.41. The summed E-state index contributed by atoms with van der Waals surface area (Å²) in [6.45, 7) is 5.41. The van der Waals surface area contributed by atoms with E-state index in [9.17, 15) is 17.1 Å². The van der Waals surface area contributed by atoms with Crippen molar-refractivity contribution in [2.75, 3.05) is 5.75 Å². The Morgan fingerprint density at radius 3 is 2.25 bits per heavy atom. The van der Waals surface area contributed by atoms with Crippen LogP contribution >= 0.6 is 0 Å². The quantitative estimate of drug-likeness (QED) is 0.755. The third kappa shape index (κ3) is 4.93. The van der Waals surface area contributed by atoms with Gasteiger partial charge in [-0.2, -0.15) is 8.42 Å². The van der Waals surface area contributed by atoms with Gasteiger partial charge in [0.15, 0.2) is 0 Å². The molecule has 7 heteroatoms. The molecule has 0 aliphatic heterocycles. The lowest BCUT2D eigenvalue weighted by molar-refractivity contribution is -0.0227. The molecule has 1 aromatic carbocycles. The van der Waals surface area contributed by atoms with E-state index in [1.807, 2.05) is 30.3 Å². The summed E-state index contributed by atoms with van der Waals surface area (Å²) >= 11 is 0. The molecule has 0 unspecified atom stereocenters. The zero-order valence-corrected chi connectivity index (χ0v) is 15.1. The molecular weight excluding hydrogens is 333 g/mol. The van der Waals surface area contributed by atoms with Crippen molar-refractivity contribution < 1.29 is 21.8 Å².